The van der Waals surface area contributed by atoms with Gasteiger partial charge in [-0.05, 0) is 60.7 Å². The van der Waals surface area contributed by atoms with Crippen molar-refractivity contribution in [2.75, 3.05) is 36.2 Å². The van der Waals surface area contributed by atoms with E-state index in [9.17, 15) is 18.0 Å². The fraction of sp³-hybridized carbons (Fsp3) is 0.167. The van der Waals surface area contributed by atoms with Gasteiger partial charge in [0, 0.05) is 37.0 Å². The zero-order chi connectivity index (χ0) is 24.9. The molecule has 3 aromatic carbocycles. The lowest BCUT2D eigenvalue weighted by molar-refractivity contribution is -0.114. The number of nitrogens with one attached hydrogen (secondary N) is 2. The van der Waals surface area contributed by atoms with Crippen LogP contribution in [0.15, 0.2) is 71.6 Å². The Morgan fingerprint density at radius 3 is 1.88 bits per heavy atom. The second-order valence-electron chi connectivity index (χ2n) is 7.25. The Bertz CT molecular complexity index is 1290. The highest BCUT2D eigenvalue weighted by atomic mass is 32.2. The molecule has 0 aromatic heterocycles. The summed E-state index contributed by atoms with van der Waals surface area (Å²) in [5.41, 5.74) is 1.91. The lowest BCUT2D eigenvalue weighted by Gasteiger charge is -2.20. The lowest BCUT2D eigenvalue weighted by Crippen LogP contribution is -2.26. The summed E-state index contributed by atoms with van der Waals surface area (Å²) in [4.78, 5) is 23.7. The Morgan fingerprint density at radius 1 is 0.794 bits per heavy atom. The second-order valence-corrected chi connectivity index (χ2v) is 9.22. The largest absolute Gasteiger partial charge is 0.493 e. The number of rotatable bonds is 8. The number of nitrogens with zero attached hydrogens (tertiary/aromatic N) is 1. The van der Waals surface area contributed by atoms with E-state index >= 15 is 0 Å². The number of methoxy groups -OCH3 is 2. The molecule has 0 bridgehead atoms. The Hall–Kier alpha value is -4.05. The van der Waals surface area contributed by atoms with Crippen molar-refractivity contribution in [2.45, 2.75) is 11.8 Å². The normalized spacial score (nSPS) is 10.8. The molecule has 3 aromatic rings. The van der Waals surface area contributed by atoms with E-state index in [1.54, 1.807) is 36.4 Å². The highest BCUT2D eigenvalue weighted by molar-refractivity contribution is 7.92. The maximum atomic E-state index is 13.1. The van der Waals surface area contributed by atoms with Gasteiger partial charge in [-0.2, -0.15) is 0 Å². The van der Waals surface area contributed by atoms with Crippen LogP contribution in [0.2, 0.25) is 0 Å². The molecule has 0 aliphatic heterocycles. The molecule has 0 saturated carbocycles. The molecule has 178 valence electrons. The van der Waals surface area contributed by atoms with E-state index < -0.39 is 10.0 Å². The summed E-state index contributed by atoms with van der Waals surface area (Å²) in [5.74, 6) is 0.178. The summed E-state index contributed by atoms with van der Waals surface area (Å²) in [6, 6.07) is 17.2. The number of benzene rings is 3. The molecule has 0 atom stereocenters. The highest BCUT2D eigenvalue weighted by Gasteiger charge is 2.23. The van der Waals surface area contributed by atoms with Crippen LogP contribution in [0, 0.1) is 0 Å². The predicted octanol–water partition coefficient (Wildman–Crippen LogP) is 3.74. The van der Waals surface area contributed by atoms with E-state index in [4.69, 9.17) is 9.47 Å². The summed E-state index contributed by atoms with van der Waals surface area (Å²) in [6.45, 7) is 1.41. The van der Waals surface area contributed by atoms with Crippen molar-refractivity contribution in [3.63, 3.8) is 0 Å². The molecule has 9 nitrogen and oxygen atoms in total. The smallest absolute Gasteiger partial charge is 0.264 e. The van der Waals surface area contributed by atoms with Crippen LogP contribution in [0.4, 0.5) is 17.1 Å². The number of carbonyl (C=O) groups excluding carboxylic acids is 2. The van der Waals surface area contributed by atoms with Gasteiger partial charge >= 0.3 is 0 Å². The van der Waals surface area contributed by atoms with Crippen molar-refractivity contribution >= 4 is 38.9 Å². The average Bonchev–Trinajstić information content (AvgIpc) is 2.84. The molecule has 0 fully saturated rings. The number of carbonyl (C=O) groups is 2. The van der Waals surface area contributed by atoms with Gasteiger partial charge in [0.15, 0.2) is 11.5 Å². The number of amides is 2. The fourth-order valence-electron chi connectivity index (χ4n) is 3.14. The second kappa shape index (κ2) is 10.3. The highest BCUT2D eigenvalue weighted by Crippen LogP contribution is 2.31. The van der Waals surface area contributed by atoms with Gasteiger partial charge in [-0.15, -0.1) is 0 Å². The third-order valence-corrected chi connectivity index (χ3v) is 6.75. The van der Waals surface area contributed by atoms with Crippen molar-refractivity contribution < 1.29 is 27.5 Å². The quantitative estimate of drug-likeness (QED) is 0.505. The van der Waals surface area contributed by atoms with Crippen molar-refractivity contribution in [1.29, 1.82) is 0 Å². The number of sulfonamides is 1. The first-order chi connectivity index (χ1) is 16.1. The topological polar surface area (TPSA) is 114 Å². The molecule has 3 rings (SSSR count). The van der Waals surface area contributed by atoms with Crippen molar-refractivity contribution in [3.05, 3.63) is 72.3 Å². The van der Waals surface area contributed by atoms with E-state index in [1.165, 1.54) is 58.5 Å². The number of hydrogen-bond acceptors (Lipinski definition) is 6. The van der Waals surface area contributed by atoms with Crippen LogP contribution >= 0.6 is 0 Å². The molecule has 2 N–H and O–H groups in total. The predicted molar refractivity (Wildman–Crippen MR) is 130 cm³/mol. The van der Waals surface area contributed by atoms with Crippen molar-refractivity contribution in [1.82, 2.24) is 0 Å². The molecular formula is C24H25N3O6S. The summed E-state index contributed by atoms with van der Waals surface area (Å²) < 4.78 is 37.6. The molecule has 0 unspecified atom stereocenters. The number of ether oxygens (including phenoxy) is 2. The van der Waals surface area contributed by atoms with Gasteiger partial charge in [0.05, 0.1) is 24.8 Å². The minimum Gasteiger partial charge on any atom is -0.493 e. The van der Waals surface area contributed by atoms with E-state index in [1.807, 2.05) is 0 Å². The van der Waals surface area contributed by atoms with Crippen LogP contribution < -0.4 is 24.4 Å². The molecule has 0 aliphatic carbocycles. The first kappa shape index (κ1) is 24.6. The lowest BCUT2D eigenvalue weighted by atomic mass is 10.2. The molecule has 2 amide bonds. The van der Waals surface area contributed by atoms with Gasteiger partial charge in [-0.3, -0.25) is 13.9 Å². The van der Waals surface area contributed by atoms with E-state index in [2.05, 4.69) is 10.6 Å². The van der Waals surface area contributed by atoms with Crippen LogP contribution in [0.5, 0.6) is 11.5 Å². The molecule has 0 aliphatic rings. The van der Waals surface area contributed by atoms with Crippen molar-refractivity contribution in [2.24, 2.45) is 0 Å². The Kier molecular flexibility index (Phi) is 7.42. The summed E-state index contributed by atoms with van der Waals surface area (Å²) in [5, 5.41) is 5.41. The first-order valence-corrected chi connectivity index (χ1v) is 11.6. The number of anilines is 3. The van der Waals surface area contributed by atoms with E-state index in [0.717, 1.165) is 4.31 Å². The zero-order valence-electron chi connectivity index (χ0n) is 19.2. The minimum absolute atomic E-state index is 0.0391. The maximum Gasteiger partial charge on any atom is 0.264 e. The summed E-state index contributed by atoms with van der Waals surface area (Å²) in [7, 11) is 0.450. The molecule has 0 heterocycles. The van der Waals surface area contributed by atoms with Gasteiger partial charge in [-0.25, -0.2) is 8.42 Å². The maximum absolute atomic E-state index is 13.1. The SMILES string of the molecule is COc1ccc(S(=O)(=O)N(C)c2ccc(C(=O)Nc3ccc(NC(C)=O)cc3)cc2)cc1OC. The molecule has 0 spiro atoms. The molecule has 34 heavy (non-hydrogen) atoms. The zero-order valence-corrected chi connectivity index (χ0v) is 20.0. The Balaban J connectivity index is 1.74. The molecule has 10 heteroatoms. The first-order valence-electron chi connectivity index (χ1n) is 10.2. The summed E-state index contributed by atoms with van der Waals surface area (Å²) >= 11 is 0. The standard InChI is InChI=1S/C24H25N3O6S/c1-16(28)25-18-7-9-19(10-8-18)26-24(29)17-5-11-20(12-6-17)27(2)34(30,31)21-13-14-22(32-3)23(15-21)33-4/h5-15H,1-4H3,(H,25,28)(H,26,29). The minimum atomic E-state index is -3.88. The molecule has 0 saturated heterocycles. The summed E-state index contributed by atoms with van der Waals surface area (Å²) in [6.07, 6.45) is 0. The van der Waals surface area contributed by atoms with Gasteiger partial charge in [-0.1, -0.05) is 0 Å². The number of hydrogen-bond donors (Lipinski definition) is 2. The van der Waals surface area contributed by atoms with Crippen LogP contribution in [0.25, 0.3) is 0 Å². The Labute approximate surface area is 198 Å². The van der Waals surface area contributed by atoms with Gasteiger partial charge in [0.2, 0.25) is 5.91 Å². The fourth-order valence-corrected chi connectivity index (χ4v) is 4.35. The van der Waals surface area contributed by atoms with Crippen molar-refractivity contribution in [3.8, 4) is 11.5 Å². The van der Waals surface area contributed by atoms with Crippen LogP contribution in [0.1, 0.15) is 17.3 Å². The van der Waals surface area contributed by atoms with Crippen LogP contribution in [0.3, 0.4) is 0 Å². The molecular weight excluding hydrogens is 458 g/mol. The third kappa shape index (κ3) is 5.46. The molecule has 0 radical (unpaired) electrons. The van der Waals surface area contributed by atoms with Gasteiger partial charge in [0.1, 0.15) is 0 Å². The van der Waals surface area contributed by atoms with Gasteiger partial charge in [0.25, 0.3) is 15.9 Å². The van der Waals surface area contributed by atoms with E-state index in [-0.39, 0.29) is 16.7 Å². The van der Waals surface area contributed by atoms with Gasteiger partial charge < -0.3 is 20.1 Å². The van der Waals surface area contributed by atoms with Crippen LogP contribution in [-0.2, 0) is 14.8 Å². The van der Waals surface area contributed by atoms with Crippen LogP contribution in [-0.4, -0.2) is 41.5 Å². The monoisotopic (exact) mass is 483 g/mol. The Morgan fingerprint density at radius 2 is 1.35 bits per heavy atom. The third-order valence-electron chi connectivity index (χ3n) is 4.97. The average molecular weight is 484 g/mol. The van der Waals surface area contributed by atoms with E-state index in [0.29, 0.717) is 34.1 Å².